The smallest absolute Gasteiger partial charge is 0.319 e. The highest BCUT2D eigenvalue weighted by Gasteiger charge is 2.13. The molecule has 0 heterocycles. The molecule has 3 amide bonds. The van der Waals surface area contributed by atoms with E-state index in [-0.39, 0.29) is 17.4 Å². The number of nitrogens with one attached hydrogen (secondary N) is 3. The Kier molecular flexibility index (Phi) is 6.17. The molecule has 5 heteroatoms. The summed E-state index contributed by atoms with van der Waals surface area (Å²) in [5.74, 6) is -0.152. The lowest BCUT2D eigenvalue weighted by Crippen LogP contribution is -2.36. The lowest BCUT2D eigenvalue weighted by molar-refractivity contribution is 0.0954. The molecular weight excluding hydrogens is 314 g/mol. The molecule has 3 N–H and O–H groups in total. The highest BCUT2D eigenvalue weighted by atomic mass is 16.2. The zero-order valence-electron chi connectivity index (χ0n) is 14.9. The predicted molar refractivity (Wildman–Crippen MR) is 101 cm³/mol. The van der Waals surface area contributed by atoms with Crippen molar-refractivity contribution >= 4 is 17.6 Å². The van der Waals surface area contributed by atoms with Gasteiger partial charge >= 0.3 is 6.03 Å². The molecule has 5 nitrogen and oxygen atoms in total. The summed E-state index contributed by atoms with van der Waals surface area (Å²) in [7, 11) is 0. The minimum atomic E-state index is -0.294. The third-order valence-electron chi connectivity index (χ3n) is 3.74. The van der Waals surface area contributed by atoms with Crippen LogP contribution in [-0.2, 0) is 5.41 Å². The molecule has 0 aliphatic carbocycles. The van der Waals surface area contributed by atoms with Crippen molar-refractivity contribution in [2.45, 2.75) is 26.2 Å². The first kappa shape index (κ1) is 18.5. The van der Waals surface area contributed by atoms with Gasteiger partial charge in [0, 0.05) is 24.3 Å². The fourth-order valence-electron chi connectivity index (χ4n) is 2.27. The van der Waals surface area contributed by atoms with Crippen molar-refractivity contribution in [1.82, 2.24) is 10.6 Å². The van der Waals surface area contributed by atoms with Crippen LogP contribution in [0.3, 0.4) is 0 Å². The van der Waals surface area contributed by atoms with Crippen LogP contribution in [0.2, 0.25) is 0 Å². The van der Waals surface area contributed by atoms with Gasteiger partial charge in [0.1, 0.15) is 0 Å². The van der Waals surface area contributed by atoms with Crippen LogP contribution >= 0.6 is 0 Å². The summed E-state index contributed by atoms with van der Waals surface area (Å²) in [4.78, 5) is 23.7. The quantitative estimate of drug-likeness (QED) is 0.729. The standard InChI is InChI=1S/C20H25N3O2/c1-20(2,3)16-9-11-17(12-10-16)23-19(25)22-14-13-21-18(24)15-7-5-4-6-8-15/h4-12H,13-14H2,1-3H3,(H,21,24)(H2,22,23,25). The fourth-order valence-corrected chi connectivity index (χ4v) is 2.27. The molecule has 2 aromatic rings. The molecule has 0 saturated carbocycles. The minimum absolute atomic E-state index is 0.0811. The van der Waals surface area contributed by atoms with E-state index in [9.17, 15) is 9.59 Å². The first-order chi connectivity index (χ1) is 11.9. The number of anilines is 1. The largest absolute Gasteiger partial charge is 0.350 e. The number of hydrogen-bond donors (Lipinski definition) is 3. The number of benzene rings is 2. The summed E-state index contributed by atoms with van der Waals surface area (Å²) < 4.78 is 0. The molecule has 0 aliphatic heterocycles. The van der Waals surface area contributed by atoms with E-state index in [2.05, 4.69) is 36.7 Å². The summed E-state index contributed by atoms with van der Waals surface area (Å²) >= 11 is 0. The van der Waals surface area contributed by atoms with E-state index in [0.29, 0.717) is 18.7 Å². The van der Waals surface area contributed by atoms with Crippen LogP contribution < -0.4 is 16.0 Å². The van der Waals surface area contributed by atoms with Gasteiger partial charge in [0.05, 0.1) is 0 Å². The van der Waals surface area contributed by atoms with Crippen LogP contribution in [-0.4, -0.2) is 25.0 Å². The predicted octanol–water partition coefficient (Wildman–Crippen LogP) is 3.54. The van der Waals surface area contributed by atoms with Crippen molar-refractivity contribution in [1.29, 1.82) is 0 Å². The van der Waals surface area contributed by atoms with Crippen LogP contribution in [0.25, 0.3) is 0 Å². The van der Waals surface area contributed by atoms with Gasteiger partial charge in [-0.3, -0.25) is 4.79 Å². The van der Waals surface area contributed by atoms with Gasteiger partial charge in [0.15, 0.2) is 0 Å². The van der Waals surface area contributed by atoms with Gasteiger partial charge in [-0.25, -0.2) is 4.79 Å². The summed E-state index contributed by atoms with van der Waals surface area (Å²) in [6.07, 6.45) is 0. The van der Waals surface area contributed by atoms with Crippen molar-refractivity contribution in [2.75, 3.05) is 18.4 Å². The lowest BCUT2D eigenvalue weighted by Gasteiger charge is -2.19. The number of carbonyl (C=O) groups is 2. The van der Waals surface area contributed by atoms with Crippen LogP contribution in [0.1, 0.15) is 36.7 Å². The van der Waals surface area contributed by atoms with Crippen molar-refractivity contribution in [3.63, 3.8) is 0 Å². The highest BCUT2D eigenvalue weighted by molar-refractivity contribution is 5.94. The number of carbonyl (C=O) groups excluding carboxylic acids is 2. The number of rotatable bonds is 5. The molecule has 0 unspecified atom stereocenters. The summed E-state index contributed by atoms with van der Waals surface area (Å²) in [5.41, 5.74) is 2.63. The van der Waals surface area contributed by atoms with E-state index in [4.69, 9.17) is 0 Å². The van der Waals surface area contributed by atoms with Crippen molar-refractivity contribution < 1.29 is 9.59 Å². The molecule has 2 aromatic carbocycles. The van der Waals surface area contributed by atoms with Crippen molar-refractivity contribution in [3.8, 4) is 0 Å². The topological polar surface area (TPSA) is 70.2 Å². The monoisotopic (exact) mass is 339 g/mol. The molecule has 0 saturated heterocycles. The maximum Gasteiger partial charge on any atom is 0.319 e. The molecule has 0 aromatic heterocycles. The molecule has 0 radical (unpaired) electrons. The second kappa shape index (κ2) is 8.33. The second-order valence-corrected chi connectivity index (χ2v) is 6.83. The first-order valence-corrected chi connectivity index (χ1v) is 8.35. The maximum atomic E-state index is 11.9. The molecule has 25 heavy (non-hydrogen) atoms. The zero-order chi connectivity index (χ0) is 18.3. The third kappa shape index (κ3) is 5.95. The Morgan fingerprint density at radius 1 is 0.840 bits per heavy atom. The molecule has 2 rings (SSSR count). The number of amides is 3. The Bertz CT molecular complexity index is 704. The second-order valence-electron chi connectivity index (χ2n) is 6.83. The molecular formula is C20H25N3O2. The zero-order valence-corrected chi connectivity index (χ0v) is 14.9. The molecule has 0 atom stereocenters. The molecule has 0 bridgehead atoms. The highest BCUT2D eigenvalue weighted by Crippen LogP contribution is 2.23. The van der Waals surface area contributed by atoms with Crippen LogP contribution in [0.4, 0.5) is 10.5 Å². The average molecular weight is 339 g/mol. The van der Waals surface area contributed by atoms with E-state index in [1.54, 1.807) is 12.1 Å². The normalized spacial score (nSPS) is 10.8. The first-order valence-electron chi connectivity index (χ1n) is 8.35. The average Bonchev–Trinajstić information content (AvgIpc) is 2.59. The van der Waals surface area contributed by atoms with Crippen LogP contribution in [0.15, 0.2) is 54.6 Å². The Morgan fingerprint density at radius 2 is 1.44 bits per heavy atom. The lowest BCUT2D eigenvalue weighted by atomic mass is 9.87. The SMILES string of the molecule is CC(C)(C)c1ccc(NC(=O)NCCNC(=O)c2ccccc2)cc1. The van der Waals surface area contributed by atoms with E-state index in [1.807, 2.05) is 42.5 Å². The van der Waals surface area contributed by atoms with Gasteiger partial charge < -0.3 is 16.0 Å². The van der Waals surface area contributed by atoms with Gasteiger partial charge in [0.25, 0.3) is 5.91 Å². The van der Waals surface area contributed by atoms with Crippen LogP contribution in [0.5, 0.6) is 0 Å². The molecule has 132 valence electrons. The third-order valence-corrected chi connectivity index (χ3v) is 3.74. The van der Waals surface area contributed by atoms with E-state index in [0.717, 1.165) is 5.69 Å². The Morgan fingerprint density at radius 3 is 2.04 bits per heavy atom. The van der Waals surface area contributed by atoms with Crippen molar-refractivity contribution in [3.05, 3.63) is 65.7 Å². The summed E-state index contributed by atoms with van der Waals surface area (Å²) in [6, 6.07) is 16.5. The molecule has 0 spiro atoms. The van der Waals surface area contributed by atoms with Crippen molar-refractivity contribution in [2.24, 2.45) is 0 Å². The van der Waals surface area contributed by atoms with Gasteiger partial charge in [-0.05, 0) is 35.2 Å². The minimum Gasteiger partial charge on any atom is -0.350 e. The Labute approximate surface area is 148 Å². The van der Waals surface area contributed by atoms with E-state index >= 15 is 0 Å². The van der Waals surface area contributed by atoms with Crippen LogP contribution in [0, 0.1) is 0 Å². The summed E-state index contributed by atoms with van der Waals surface area (Å²) in [6.45, 7) is 7.15. The molecule has 0 aliphatic rings. The molecule has 0 fully saturated rings. The fraction of sp³-hybridized carbons (Fsp3) is 0.300. The Hall–Kier alpha value is -2.82. The van der Waals surface area contributed by atoms with E-state index < -0.39 is 0 Å². The van der Waals surface area contributed by atoms with E-state index in [1.165, 1.54) is 5.56 Å². The number of urea groups is 1. The van der Waals surface area contributed by atoms with Gasteiger partial charge in [0.2, 0.25) is 0 Å². The van der Waals surface area contributed by atoms with Gasteiger partial charge in [-0.2, -0.15) is 0 Å². The Balaban J connectivity index is 1.71. The van der Waals surface area contributed by atoms with Gasteiger partial charge in [-0.1, -0.05) is 51.1 Å². The summed E-state index contributed by atoms with van der Waals surface area (Å²) in [5, 5.41) is 8.26. The maximum absolute atomic E-state index is 11.9. The van der Waals surface area contributed by atoms with Gasteiger partial charge in [-0.15, -0.1) is 0 Å². The number of hydrogen-bond acceptors (Lipinski definition) is 2.